The molecule has 0 spiro atoms. The molecule has 0 fully saturated rings. The first-order chi connectivity index (χ1) is 12.8. The minimum atomic E-state index is 1.11. The van der Waals surface area contributed by atoms with Crippen molar-refractivity contribution in [1.82, 2.24) is 0 Å². The zero-order valence-corrected chi connectivity index (χ0v) is 14.6. The number of para-hydroxylation sites is 2. The molecular weight excluding hydrogens is 316 g/mol. The summed E-state index contributed by atoms with van der Waals surface area (Å²) in [7, 11) is 0. The maximum atomic E-state index is 3.57. The van der Waals surface area contributed by atoms with Crippen LogP contribution >= 0.6 is 0 Å². The van der Waals surface area contributed by atoms with Gasteiger partial charge in [0.15, 0.2) is 0 Å². The van der Waals surface area contributed by atoms with Gasteiger partial charge in [-0.15, -0.1) is 0 Å². The molecule has 2 radical (unpaired) electrons. The molecule has 0 saturated carbocycles. The molecule has 0 aromatic heterocycles. The Kier molecular flexibility index (Phi) is 3.42. The van der Waals surface area contributed by atoms with Crippen LogP contribution in [0, 0.1) is 13.6 Å². The number of hydrogen-bond acceptors (Lipinski definition) is 2. The van der Waals surface area contributed by atoms with Crippen LogP contribution in [-0.4, -0.2) is 0 Å². The summed E-state index contributed by atoms with van der Waals surface area (Å²) in [4.78, 5) is 4.32. The highest BCUT2D eigenvalue weighted by atomic mass is 15.4. The largest absolute Gasteiger partial charge is 0.308 e. The van der Waals surface area contributed by atoms with E-state index in [1.807, 2.05) is 6.07 Å². The third kappa shape index (κ3) is 2.34. The molecule has 1 heterocycles. The van der Waals surface area contributed by atoms with Gasteiger partial charge in [-0.25, -0.2) is 0 Å². The second-order valence-electron chi connectivity index (χ2n) is 6.58. The second kappa shape index (κ2) is 5.92. The van der Waals surface area contributed by atoms with Gasteiger partial charge in [0, 0.05) is 11.4 Å². The summed E-state index contributed by atoms with van der Waals surface area (Å²) in [6.45, 7) is 5.71. The van der Waals surface area contributed by atoms with Gasteiger partial charge in [-0.05, 0) is 53.6 Å². The van der Waals surface area contributed by atoms with Crippen LogP contribution in [0.2, 0.25) is 0 Å². The van der Waals surface area contributed by atoms with E-state index in [0.717, 1.165) is 22.7 Å². The summed E-state index contributed by atoms with van der Waals surface area (Å²) in [6, 6.07) is 31.9. The first-order valence-corrected chi connectivity index (χ1v) is 8.81. The highest BCUT2D eigenvalue weighted by Gasteiger charge is 2.30. The van der Waals surface area contributed by atoms with Crippen molar-refractivity contribution in [3.8, 4) is 0 Å². The maximum Gasteiger partial charge on any atom is 0.218 e. The van der Waals surface area contributed by atoms with Gasteiger partial charge in [0.25, 0.3) is 0 Å². The van der Waals surface area contributed by atoms with Crippen molar-refractivity contribution in [2.75, 3.05) is 9.80 Å². The van der Waals surface area contributed by atoms with Crippen LogP contribution in [0.4, 0.5) is 22.7 Å². The van der Waals surface area contributed by atoms with Gasteiger partial charge >= 0.3 is 0 Å². The van der Waals surface area contributed by atoms with E-state index in [1.165, 1.54) is 16.3 Å². The summed E-state index contributed by atoms with van der Waals surface area (Å²) < 4.78 is 0. The quantitative estimate of drug-likeness (QED) is 0.416. The van der Waals surface area contributed by atoms with E-state index < -0.39 is 0 Å². The van der Waals surface area contributed by atoms with Crippen molar-refractivity contribution < 1.29 is 0 Å². The highest BCUT2D eigenvalue weighted by molar-refractivity contribution is 5.99. The first kappa shape index (κ1) is 15.0. The van der Waals surface area contributed by atoms with Gasteiger partial charge in [-0.3, -0.25) is 0 Å². The fourth-order valence-electron chi connectivity index (χ4n) is 3.55. The fourth-order valence-corrected chi connectivity index (χ4v) is 3.55. The average Bonchev–Trinajstić information content (AvgIpc) is 3.05. The Morgan fingerprint density at radius 1 is 0.577 bits per heavy atom. The summed E-state index contributed by atoms with van der Waals surface area (Å²) in [5.74, 6) is 0. The summed E-state index contributed by atoms with van der Waals surface area (Å²) in [5, 5.41) is 2.47. The lowest BCUT2D eigenvalue weighted by molar-refractivity contribution is 1.12. The Labute approximate surface area is 153 Å². The van der Waals surface area contributed by atoms with Gasteiger partial charge in [-0.2, -0.15) is 0 Å². The van der Waals surface area contributed by atoms with Crippen LogP contribution < -0.4 is 9.80 Å². The Morgan fingerprint density at radius 3 is 1.85 bits per heavy atom. The topological polar surface area (TPSA) is 6.48 Å². The van der Waals surface area contributed by atoms with Crippen LogP contribution in [0.5, 0.6) is 0 Å². The fraction of sp³-hybridized carbons (Fsp3) is 0.0417. The molecule has 0 saturated heterocycles. The second-order valence-corrected chi connectivity index (χ2v) is 6.58. The van der Waals surface area contributed by atoms with Crippen molar-refractivity contribution in [3.05, 3.63) is 103 Å². The first-order valence-electron chi connectivity index (χ1n) is 8.81. The van der Waals surface area contributed by atoms with Crippen LogP contribution in [0.3, 0.4) is 0 Å². The minimum absolute atomic E-state index is 1.11. The average molecular weight is 334 g/mol. The Bertz CT molecular complexity index is 1090. The normalized spacial score (nSPS) is 13.3. The maximum absolute atomic E-state index is 3.57. The molecule has 4 aromatic carbocycles. The molecule has 2 nitrogen and oxygen atoms in total. The zero-order valence-electron chi connectivity index (χ0n) is 14.6. The number of benzene rings is 4. The van der Waals surface area contributed by atoms with E-state index in [2.05, 4.69) is 108 Å². The molecule has 124 valence electrons. The van der Waals surface area contributed by atoms with Crippen molar-refractivity contribution >= 4 is 33.5 Å². The smallest absolute Gasteiger partial charge is 0.218 e. The van der Waals surface area contributed by atoms with E-state index in [-0.39, 0.29) is 0 Å². The van der Waals surface area contributed by atoms with Crippen LogP contribution in [-0.2, 0) is 0 Å². The van der Waals surface area contributed by atoms with Gasteiger partial charge < -0.3 is 9.80 Å². The van der Waals surface area contributed by atoms with Crippen LogP contribution in [0.25, 0.3) is 10.8 Å². The molecule has 4 aromatic rings. The monoisotopic (exact) mass is 334 g/mol. The SMILES string of the molecule is Cc1ccccc1N1[C]N(c2ccccc2)c2cc3ccccc3cc21. The summed E-state index contributed by atoms with van der Waals surface area (Å²) >= 11 is 0. The molecule has 0 unspecified atom stereocenters. The molecule has 0 bridgehead atoms. The lowest BCUT2D eigenvalue weighted by Crippen LogP contribution is -2.18. The van der Waals surface area contributed by atoms with Crippen molar-refractivity contribution in [1.29, 1.82) is 0 Å². The predicted octanol–water partition coefficient (Wildman–Crippen LogP) is 6.43. The lowest BCUT2D eigenvalue weighted by atomic mass is 10.1. The van der Waals surface area contributed by atoms with E-state index in [9.17, 15) is 0 Å². The standard InChI is InChI=1S/C24H18N2/c1-18-9-5-8-14-22(18)26-17-25(21-12-3-2-4-13-21)23-15-19-10-6-7-11-20(19)16-24(23)26/h2-16H,1H3. The lowest BCUT2D eigenvalue weighted by Gasteiger charge is -2.21. The number of nitrogens with zero attached hydrogens (tertiary/aromatic N) is 2. The molecule has 0 aliphatic carbocycles. The van der Waals surface area contributed by atoms with Crippen molar-refractivity contribution in [3.63, 3.8) is 0 Å². The van der Waals surface area contributed by atoms with E-state index in [1.54, 1.807) is 0 Å². The van der Waals surface area contributed by atoms with Crippen LogP contribution in [0.1, 0.15) is 5.56 Å². The molecule has 1 aliphatic heterocycles. The zero-order chi connectivity index (χ0) is 17.5. The molecule has 5 rings (SSSR count). The van der Waals surface area contributed by atoms with Crippen molar-refractivity contribution in [2.24, 2.45) is 0 Å². The van der Waals surface area contributed by atoms with Crippen LogP contribution in [0.15, 0.2) is 91.0 Å². The van der Waals surface area contributed by atoms with Gasteiger partial charge in [0.2, 0.25) is 6.67 Å². The molecule has 0 amide bonds. The number of anilines is 4. The minimum Gasteiger partial charge on any atom is -0.308 e. The molecular formula is C24H18N2. The molecule has 0 N–H and O–H groups in total. The van der Waals surface area contributed by atoms with Gasteiger partial charge in [0.1, 0.15) is 0 Å². The number of hydrogen-bond donors (Lipinski definition) is 0. The Balaban J connectivity index is 1.74. The number of fused-ring (bicyclic) bond motifs is 2. The van der Waals surface area contributed by atoms with Crippen molar-refractivity contribution in [2.45, 2.75) is 6.92 Å². The van der Waals surface area contributed by atoms with Gasteiger partial charge in [0.05, 0.1) is 11.4 Å². The summed E-state index contributed by atoms with van der Waals surface area (Å²) in [5.41, 5.74) is 5.80. The van der Waals surface area contributed by atoms with Gasteiger partial charge in [-0.1, -0.05) is 60.7 Å². The Morgan fingerprint density at radius 2 is 1.15 bits per heavy atom. The molecule has 0 atom stereocenters. The third-order valence-electron chi connectivity index (χ3n) is 4.90. The molecule has 2 heteroatoms. The number of aryl methyl sites for hydroxylation is 1. The predicted molar refractivity (Wildman–Crippen MR) is 109 cm³/mol. The number of rotatable bonds is 2. The van der Waals surface area contributed by atoms with E-state index in [0.29, 0.717) is 0 Å². The Hall–Kier alpha value is -3.26. The van der Waals surface area contributed by atoms with E-state index >= 15 is 0 Å². The highest BCUT2D eigenvalue weighted by Crippen LogP contribution is 2.48. The molecule has 1 aliphatic rings. The molecule has 26 heavy (non-hydrogen) atoms. The third-order valence-corrected chi connectivity index (χ3v) is 4.90. The van der Waals surface area contributed by atoms with E-state index in [4.69, 9.17) is 0 Å². The summed E-state index contributed by atoms with van der Waals surface area (Å²) in [6.07, 6.45) is 0.